The minimum atomic E-state index is -4.79. The Morgan fingerprint density at radius 3 is 2.06 bits per heavy atom. The van der Waals surface area contributed by atoms with Crippen LogP contribution in [-0.2, 0) is 12.0 Å². The molecule has 0 saturated heterocycles. The van der Waals surface area contributed by atoms with Crippen LogP contribution in [0, 0.1) is 0 Å². The van der Waals surface area contributed by atoms with Gasteiger partial charge in [0.2, 0.25) is 0 Å². The lowest BCUT2D eigenvalue weighted by Gasteiger charge is -2.19. The zero-order chi connectivity index (χ0) is 25.1. The summed E-state index contributed by atoms with van der Waals surface area (Å²) in [6.45, 7) is 6.69. The predicted molar refractivity (Wildman–Crippen MR) is 129 cm³/mol. The molecule has 0 radical (unpaired) electrons. The Balaban J connectivity index is 2.10. The van der Waals surface area contributed by atoms with Gasteiger partial charge < -0.3 is 20.9 Å². The Bertz CT molecular complexity index is 1180. The van der Waals surface area contributed by atoms with Gasteiger partial charge in [-0.2, -0.15) is 0 Å². The molecule has 0 unspecified atom stereocenters. The third-order valence-corrected chi connectivity index (χ3v) is 5.24. The Labute approximate surface area is 197 Å². The molecule has 0 aromatic heterocycles. The second kappa shape index (κ2) is 9.67. The summed E-state index contributed by atoms with van der Waals surface area (Å²) in [6, 6.07) is 18.1. The molecule has 3 aromatic rings. The van der Waals surface area contributed by atoms with E-state index in [1.165, 1.54) is 30.9 Å². The molecule has 0 heterocycles. The molecule has 34 heavy (non-hydrogen) atoms. The summed E-state index contributed by atoms with van der Waals surface area (Å²) in [6.07, 6.45) is -4.79. The van der Waals surface area contributed by atoms with Crippen molar-refractivity contribution in [3.05, 3.63) is 71.8 Å². The first-order valence-electron chi connectivity index (χ1n) is 10.6. The van der Waals surface area contributed by atoms with Crippen LogP contribution in [0.5, 0.6) is 11.5 Å². The number of aliphatic imine (C=N–C) groups is 1. The van der Waals surface area contributed by atoms with Crippen LogP contribution in [0.4, 0.5) is 13.2 Å². The van der Waals surface area contributed by atoms with E-state index in [-0.39, 0.29) is 29.4 Å². The molecule has 0 aliphatic rings. The Morgan fingerprint density at radius 1 is 0.853 bits per heavy atom. The molecule has 180 valence electrons. The zero-order valence-electron chi connectivity index (χ0n) is 19.5. The van der Waals surface area contributed by atoms with E-state index in [0.717, 1.165) is 22.3 Å². The van der Waals surface area contributed by atoms with Crippen molar-refractivity contribution in [3.8, 4) is 33.8 Å². The summed E-state index contributed by atoms with van der Waals surface area (Å²) in [5.74, 6) is -0.148. The van der Waals surface area contributed by atoms with Crippen molar-refractivity contribution in [2.24, 2.45) is 16.5 Å². The van der Waals surface area contributed by atoms with Crippen LogP contribution in [0.15, 0.2) is 65.7 Å². The van der Waals surface area contributed by atoms with Crippen molar-refractivity contribution in [2.75, 3.05) is 7.11 Å². The number of guanidine groups is 1. The molecular formula is C26H28F3N3O2. The molecule has 3 rings (SSSR count). The summed E-state index contributed by atoms with van der Waals surface area (Å²) >= 11 is 0. The van der Waals surface area contributed by atoms with Crippen molar-refractivity contribution in [1.29, 1.82) is 0 Å². The maximum absolute atomic E-state index is 12.7. The lowest BCUT2D eigenvalue weighted by Crippen LogP contribution is -2.22. The van der Waals surface area contributed by atoms with Gasteiger partial charge in [0.05, 0.1) is 13.7 Å². The molecule has 0 fully saturated rings. The smallest absolute Gasteiger partial charge is 0.496 e. The highest BCUT2D eigenvalue weighted by Crippen LogP contribution is 2.38. The quantitative estimate of drug-likeness (QED) is 0.341. The number of nitrogens with zero attached hydrogens (tertiary/aromatic N) is 1. The van der Waals surface area contributed by atoms with Crippen molar-refractivity contribution < 1.29 is 22.6 Å². The Kier molecular flexibility index (Phi) is 7.09. The first-order valence-corrected chi connectivity index (χ1v) is 10.6. The number of nitrogens with two attached hydrogens (primary N) is 2. The standard InChI is InChI=1S/C26H28F3N3O2/c1-25(2,3)20-7-5-17(6-8-20)18-11-16(15-32-24(30)31)12-19(13-18)22-10-9-21(14-23(22)33-4)34-26(27,28)29/h5-14H,15H2,1-4H3,(H4,30,31,32). The van der Waals surface area contributed by atoms with Crippen molar-refractivity contribution in [3.63, 3.8) is 0 Å². The second-order valence-electron chi connectivity index (χ2n) is 8.90. The zero-order valence-corrected chi connectivity index (χ0v) is 19.5. The van der Waals surface area contributed by atoms with E-state index in [0.29, 0.717) is 5.56 Å². The summed E-state index contributed by atoms with van der Waals surface area (Å²) < 4.78 is 47.4. The fourth-order valence-corrected chi connectivity index (χ4v) is 3.56. The second-order valence-corrected chi connectivity index (χ2v) is 8.90. The first kappa shape index (κ1) is 25.0. The maximum atomic E-state index is 12.7. The van der Waals surface area contributed by atoms with Crippen LogP contribution in [0.2, 0.25) is 0 Å². The first-order chi connectivity index (χ1) is 15.9. The fourth-order valence-electron chi connectivity index (χ4n) is 3.56. The van der Waals surface area contributed by atoms with Gasteiger partial charge in [-0.1, -0.05) is 45.0 Å². The summed E-state index contributed by atoms with van der Waals surface area (Å²) in [5, 5.41) is 0. The normalized spacial score (nSPS) is 11.7. The van der Waals surface area contributed by atoms with Gasteiger partial charge in [0.15, 0.2) is 5.96 Å². The summed E-state index contributed by atoms with van der Waals surface area (Å²) in [4.78, 5) is 4.10. The molecule has 0 aliphatic heterocycles. The van der Waals surface area contributed by atoms with Crippen molar-refractivity contribution >= 4 is 5.96 Å². The molecule has 0 atom stereocenters. The predicted octanol–water partition coefficient (Wildman–Crippen LogP) is 6.00. The van der Waals surface area contributed by atoms with Crippen molar-refractivity contribution in [2.45, 2.75) is 39.1 Å². The average Bonchev–Trinajstić information content (AvgIpc) is 2.75. The minimum absolute atomic E-state index is 0.0203. The lowest BCUT2D eigenvalue weighted by molar-refractivity contribution is -0.274. The van der Waals surface area contributed by atoms with Gasteiger partial charge in [-0.25, -0.2) is 4.99 Å². The monoisotopic (exact) mass is 471 g/mol. The average molecular weight is 472 g/mol. The van der Waals surface area contributed by atoms with E-state index in [1.54, 1.807) is 0 Å². The van der Waals surface area contributed by atoms with Gasteiger partial charge in [-0.05, 0) is 63.6 Å². The molecule has 0 aliphatic carbocycles. The number of alkyl halides is 3. The molecule has 0 amide bonds. The van der Waals surface area contributed by atoms with Crippen LogP contribution >= 0.6 is 0 Å². The van der Waals surface area contributed by atoms with E-state index < -0.39 is 6.36 Å². The lowest BCUT2D eigenvalue weighted by atomic mass is 9.86. The van der Waals surface area contributed by atoms with Gasteiger partial charge in [0.1, 0.15) is 11.5 Å². The molecule has 8 heteroatoms. The van der Waals surface area contributed by atoms with Crippen molar-refractivity contribution in [1.82, 2.24) is 0 Å². The van der Waals surface area contributed by atoms with E-state index in [9.17, 15) is 13.2 Å². The molecule has 3 aromatic carbocycles. The Morgan fingerprint density at radius 2 is 1.50 bits per heavy atom. The Hall–Kier alpha value is -3.68. The van der Waals surface area contributed by atoms with Gasteiger partial charge in [0, 0.05) is 11.6 Å². The number of hydrogen-bond donors (Lipinski definition) is 2. The van der Waals surface area contributed by atoms with E-state index >= 15 is 0 Å². The molecule has 0 bridgehead atoms. The van der Waals surface area contributed by atoms with Crippen LogP contribution < -0.4 is 20.9 Å². The summed E-state index contributed by atoms with van der Waals surface area (Å²) in [7, 11) is 1.39. The van der Waals surface area contributed by atoms with Crippen LogP contribution in [0.1, 0.15) is 31.9 Å². The number of ether oxygens (including phenoxy) is 2. The van der Waals surface area contributed by atoms with Gasteiger partial charge >= 0.3 is 6.36 Å². The minimum Gasteiger partial charge on any atom is -0.496 e. The van der Waals surface area contributed by atoms with E-state index in [1.807, 2.05) is 30.3 Å². The third kappa shape index (κ3) is 6.43. The SMILES string of the molecule is COc1cc(OC(F)(F)F)ccc1-c1cc(CN=C(N)N)cc(-c2ccc(C(C)(C)C)cc2)c1. The molecule has 4 N–H and O–H groups in total. The van der Waals surface area contributed by atoms with Crippen LogP contribution in [0.25, 0.3) is 22.3 Å². The largest absolute Gasteiger partial charge is 0.573 e. The van der Waals surface area contributed by atoms with Gasteiger partial charge in [-0.3, -0.25) is 0 Å². The van der Waals surface area contributed by atoms with Gasteiger partial charge in [0.25, 0.3) is 0 Å². The molecule has 0 spiro atoms. The third-order valence-electron chi connectivity index (χ3n) is 5.24. The molecule has 5 nitrogen and oxygen atoms in total. The van der Waals surface area contributed by atoms with Crippen LogP contribution in [-0.4, -0.2) is 19.4 Å². The highest BCUT2D eigenvalue weighted by molar-refractivity contribution is 5.79. The van der Waals surface area contributed by atoms with E-state index in [2.05, 4.69) is 42.6 Å². The highest BCUT2D eigenvalue weighted by Gasteiger charge is 2.31. The van der Waals surface area contributed by atoms with E-state index in [4.69, 9.17) is 16.2 Å². The number of halogens is 3. The highest BCUT2D eigenvalue weighted by atomic mass is 19.4. The number of rotatable bonds is 6. The molecule has 0 saturated carbocycles. The molecular weight excluding hydrogens is 443 g/mol. The number of benzene rings is 3. The maximum Gasteiger partial charge on any atom is 0.573 e. The fraction of sp³-hybridized carbons (Fsp3) is 0.269. The number of methoxy groups -OCH3 is 1. The number of hydrogen-bond acceptors (Lipinski definition) is 3. The van der Waals surface area contributed by atoms with Gasteiger partial charge in [-0.15, -0.1) is 13.2 Å². The van der Waals surface area contributed by atoms with Crippen LogP contribution in [0.3, 0.4) is 0 Å². The topological polar surface area (TPSA) is 82.9 Å². The summed E-state index contributed by atoms with van der Waals surface area (Å²) in [5.41, 5.74) is 16.3.